The Morgan fingerprint density at radius 3 is 0.920 bits per heavy atom. The molecule has 6 nitrogen and oxygen atoms in total. The van der Waals surface area contributed by atoms with Crippen LogP contribution >= 0.6 is 0 Å². The molecular formula is C14H36B4N6Si-2. The van der Waals surface area contributed by atoms with Gasteiger partial charge in [-0.25, -0.2) is 0 Å². The molecule has 2 aliphatic heterocycles. The van der Waals surface area contributed by atoms with E-state index in [1.54, 1.807) is 10.7 Å². The molecule has 0 aliphatic carbocycles. The van der Waals surface area contributed by atoms with Crippen LogP contribution in [-0.4, -0.2) is 135 Å². The highest BCUT2D eigenvalue weighted by Gasteiger charge is 2.51. The predicted molar refractivity (Wildman–Crippen MR) is 117 cm³/mol. The Labute approximate surface area is 159 Å². The Bertz CT molecular complexity index is 408. The van der Waals surface area contributed by atoms with Gasteiger partial charge in [0.05, 0.1) is 0 Å². The third-order valence-corrected chi connectivity index (χ3v) is 9.98. The topological polar surface area (TPSA) is 19.4 Å². The second kappa shape index (κ2) is 7.34. The van der Waals surface area contributed by atoms with Crippen LogP contribution in [0.1, 0.15) is 0 Å². The third-order valence-electron chi connectivity index (χ3n) is 6.06. The predicted octanol–water partition coefficient (Wildman–Crippen LogP) is -0.831. The van der Waals surface area contributed by atoms with Crippen molar-refractivity contribution in [3.8, 4) is 0 Å². The molecule has 0 atom stereocenters. The Morgan fingerprint density at radius 1 is 0.560 bits per heavy atom. The molecule has 0 aromatic carbocycles. The highest BCUT2D eigenvalue weighted by Crippen LogP contribution is 2.46. The molecule has 2 saturated heterocycles. The van der Waals surface area contributed by atoms with Gasteiger partial charge < -0.3 is 39.4 Å². The minimum absolute atomic E-state index is 0.443. The standard InChI is InChI=1S/C14H36B4N6Si/c1-19(2)15-13(16(20(3)4)23(15)9)25(11,12)14-17(21(5)6)24(10)18(14)22(7)8/h1-12H3/q-2. The lowest BCUT2D eigenvalue weighted by Gasteiger charge is -2.83. The summed E-state index contributed by atoms with van der Waals surface area (Å²) < 4.78 is 5.00. The van der Waals surface area contributed by atoms with Crippen molar-refractivity contribution >= 4 is 36.0 Å². The minimum atomic E-state index is -1.74. The summed E-state index contributed by atoms with van der Waals surface area (Å²) in [5.74, 6) is 0. The van der Waals surface area contributed by atoms with E-state index in [9.17, 15) is 0 Å². The monoisotopic (exact) mass is 360 g/mol. The maximum atomic E-state index is 2.57. The van der Waals surface area contributed by atoms with E-state index < -0.39 is 8.07 Å². The van der Waals surface area contributed by atoms with Crippen LogP contribution in [0.3, 0.4) is 0 Å². The van der Waals surface area contributed by atoms with Crippen LogP contribution in [0.15, 0.2) is 0 Å². The molecule has 0 aromatic rings. The van der Waals surface area contributed by atoms with E-state index in [0.29, 0.717) is 27.9 Å². The highest BCUT2D eigenvalue weighted by molar-refractivity contribution is 7.27. The van der Waals surface area contributed by atoms with E-state index in [4.69, 9.17) is 0 Å². The van der Waals surface area contributed by atoms with Crippen molar-refractivity contribution < 1.29 is 0 Å². The average molecular weight is 360 g/mol. The van der Waals surface area contributed by atoms with Crippen molar-refractivity contribution in [2.75, 3.05) is 70.5 Å². The summed E-state index contributed by atoms with van der Waals surface area (Å²) in [6.07, 6.45) is 0. The second-order valence-electron chi connectivity index (χ2n) is 9.22. The van der Waals surface area contributed by atoms with Gasteiger partial charge in [-0.3, -0.25) is 8.07 Å². The van der Waals surface area contributed by atoms with E-state index in [1.165, 1.54) is 0 Å². The van der Waals surface area contributed by atoms with Gasteiger partial charge >= 0.3 is 0 Å². The molecule has 0 N–H and O–H groups in total. The van der Waals surface area contributed by atoms with Crippen molar-refractivity contribution in [1.82, 2.24) is 28.7 Å². The zero-order valence-electron chi connectivity index (χ0n) is 18.5. The molecule has 0 radical (unpaired) electrons. The minimum Gasteiger partial charge on any atom is -0.410 e. The Hall–Kier alpha value is 0.237. The summed E-state index contributed by atoms with van der Waals surface area (Å²) in [4.78, 5) is 9.51. The van der Waals surface area contributed by atoms with Crippen LogP contribution in [-0.2, 0) is 0 Å². The smallest absolute Gasteiger partial charge is 0.115 e. The molecular weight excluding hydrogens is 324 g/mol. The van der Waals surface area contributed by atoms with Gasteiger partial charge in [0.1, 0.15) is 27.9 Å². The van der Waals surface area contributed by atoms with Crippen LogP contribution in [0, 0.1) is 10.7 Å². The van der Waals surface area contributed by atoms with Gasteiger partial charge in [-0.2, -0.15) is 0 Å². The molecule has 140 valence electrons. The lowest BCUT2D eigenvalue weighted by atomic mass is 9.32. The Kier molecular flexibility index (Phi) is 6.32. The molecule has 0 aromatic heterocycles. The lowest BCUT2D eigenvalue weighted by Crippen LogP contribution is -2.89. The third kappa shape index (κ3) is 3.30. The normalized spacial score (nSPS) is 22.1. The summed E-state index contributed by atoms with van der Waals surface area (Å²) >= 11 is 0. The summed E-state index contributed by atoms with van der Waals surface area (Å²) in [7, 11) is 20.5. The average Bonchev–Trinajstić information content (AvgIpc) is 2.39. The van der Waals surface area contributed by atoms with E-state index in [1.807, 2.05) is 0 Å². The summed E-state index contributed by atoms with van der Waals surface area (Å²) in [5, 5.41) is 3.48. The molecule has 0 unspecified atom stereocenters. The maximum absolute atomic E-state index is 2.57. The van der Waals surface area contributed by atoms with Gasteiger partial charge in [-0.1, -0.05) is 0 Å². The molecule has 25 heavy (non-hydrogen) atoms. The van der Waals surface area contributed by atoms with Crippen molar-refractivity contribution in [2.24, 2.45) is 0 Å². The molecule has 0 saturated carbocycles. The first-order chi connectivity index (χ1) is 11.4. The van der Waals surface area contributed by atoms with E-state index in [0.717, 1.165) is 0 Å². The van der Waals surface area contributed by atoms with Gasteiger partial charge in [0.25, 0.3) is 0 Å². The van der Waals surface area contributed by atoms with Crippen molar-refractivity contribution in [1.29, 1.82) is 0 Å². The molecule has 2 heterocycles. The van der Waals surface area contributed by atoms with Gasteiger partial charge in [0.2, 0.25) is 0 Å². The molecule has 2 fully saturated rings. The van der Waals surface area contributed by atoms with Crippen LogP contribution in [0.25, 0.3) is 0 Å². The largest absolute Gasteiger partial charge is 0.410 e. The van der Waals surface area contributed by atoms with Gasteiger partial charge in [-0.05, 0) is 70.5 Å². The fraction of sp³-hybridized carbons (Fsp3) is 0.857. The number of rotatable bonds is 6. The first kappa shape index (κ1) is 21.5. The van der Waals surface area contributed by atoms with Crippen molar-refractivity contribution in [2.45, 2.75) is 13.1 Å². The molecule has 0 bridgehead atoms. The zero-order chi connectivity index (χ0) is 19.4. The maximum Gasteiger partial charge on any atom is 0.115 e. The SMILES string of the molecule is CN(C)B1[C-]([Si](C)(C)[C-]2B(N(C)C)N(C)B2N(C)C)B(N(C)C)N1C. The highest BCUT2D eigenvalue weighted by atomic mass is 28.3. The Balaban J connectivity index is 2.39. The summed E-state index contributed by atoms with van der Waals surface area (Å²) in [6, 6.07) is 0. The lowest BCUT2D eigenvalue weighted by molar-refractivity contribution is 0.494. The van der Waals surface area contributed by atoms with Crippen LogP contribution in [0.2, 0.25) is 13.1 Å². The van der Waals surface area contributed by atoms with Gasteiger partial charge in [-0.15, -0.1) is 13.1 Å². The molecule has 0 spiro atoms. The zero-order valence-corrected chi connectivity index (χ0v) is 19.5. The molecule has 0 amide bonds. The van der Waals surface area contributed by atoms with Gasteiger partial charge in [0.15, 0.2) is 0 Å². The fourth-order valence-corrected chi connectivity index (χ4v) is 10.0. The van der Waals surface area contributed by atoms with E-state index in [2.05, 4.69) is 112 Å². The van der Waals surface area contributed by atoms with Crippen molar-refractivity contribution in [3.05, 3.63) is 10.7 Å². The second-order valence-corrected chi connectivity index (χ2v) is 13.6. The fourth-order valence-electron chi connectivity index (χ4n) is 5.27. The number of nitrogens with zero attached hydrogens (tertiary/aromatic N) is 6. The van der Waals surface area contributed by atoms with E-state index >= 15 is 0 Å². The summed E-state index contributed by atoms with van der Waals surface area (Å²) in [6.45, 7) is 6.90. The molecule has 2 aliphatic rings. The van der Waals surface area contributed by atoms with Crippen molar-refractivity contribution in [3.63, 3.8) is 0 Å². The quantitative estimate of drug-likeness (QED) is 0.452. The molecule has 2 rings (SSSR count). The number of hydrogen-bond donors (Lipinski definition) is 0. The number of hydrogen-bond acceptors (Lipinski definition) is 6. The Morgan fingerprint density at radius 2 is 0.760 bits per heavy atom. The van der Waals surface area contributed by atoms with Crippen LogP contribution < -0.4 is 0 Å². The first-order valence-electron chi connectivity index (χ1n) is 9.19. The van der Waals surface area contributed by atoms with Crippen LogP contribution in [0.5, 0.6) is 0 Å². The molecule has 11 heteroatoms. The van der Waals surface area contributed by atoms with Gasteiger partial charge in [0, 0.05) is 0 Å². The first-order valence-corrected chi connectivity index (χ1v) is 12.2. The summed E-state index contributed by atoms with van der Waals surface area (Å²) in [5.41, 5.74) is 0. The van der Waals surface area contributed by atoms with E-state index in [-0.39, 0.29) is 0 Å². The van der Waals surface area contributed by atoms with Crippen LogP contribution in [0.4, 0.5) is 0 Å².